The molecule has 1 heterocycles. The van der Waals surface area contributed by atoms with E-state index in [1.165, 1.54) is 25.3 Å². The van der Waals surface area contributed by atoms with Gasteiger partial charge in [0, 0.05) is 50.8 Å². The molecule has 8 heteroatoms. The Morgan fingerprint density at radius 3 is 3.00 bits per heavy atom. The highest BCUT2D eigenvalue weighted by Gasteiger charge is 2.19. The van der Waals surface area contributed by atoms with Crippen LogP contribution >= 0.6 is 0 Å². The molecule has 1 fully saturated rings. The van der Waals surface area contributed by atoms with E-state index >= 15 is 0 Å². The van der Waals surface area contributed by atoms with Gasteiger partial charge < -0.3 is 15.4 Å². The van der Waals surface area contributed by atoms with E-state index in [1.54, 1.807) is 0 Å². The average Bonchev–Trinajstić information content (AvgIpc) is 2.54. The Morgan fingerprint density at radius 1 is 1.57 bits per heavy atom. The minimum absolute atomic E-state index is 0.0863. The van der Waals surface area contributed by atoms with Crippen LogP contribution in [0.15, 0.2) is 18.2 Å². The molecule has 1 saturated heterocycles. The maximum absolute atomic E-state index is 12.1. The lowest BCUT2D eigenvalue weighted by Gasteiger charge is -2.33. The van der Waals surface area contributed by atoms with Crippen molar-refractivity contribution in [3.63, 3.8) is 0 Å². The third-order valence-corrected chi connectivity index (χ3v) is 3.93. The van der Waals surface area contributed by atoms with Crippen LogP contribution in [0.1, 0.15) is 13.3 Å². The summed E-state index contributed by atoms with van der Waals surface area (Å²) in [4.78, 5) is 24.7. The number of nitrogens with one attached hydrogen (secondary N) is 2. The third kappa shape index (κ3) is 4.64. The second-order valence-corrected chi connectivity index (χ2v) is 5.53. The molecule has 23 heavy (non-hydrogen) atoms. The third-order valence-electron chi connectivity index (χ3n) is 3.93. The topological polar surface area (TPSA) is 96.7 Å². The predicted octanol–water partition coefficient (Wildman–Crippen LogP) is 1.23. The monoisotopic (exact) mass is 322 g/mol. The largest absolute Gasteiger partial charge is 0.495 e. The summed E-state index contributed by atoms with van der Waals surface area (Å²) in [5, 5.41) is 16.8. The van der Waals surface area contributed by atoms with Crippen LogP contribution in [-0.2, 0) is 4.79 Å². The molecule has 1 aliphatic rings. The SMILES string of the molecule is COc1ccc([N+](=O)[O-])cc1NC(=O)CCN1CCNC[C@H]1C. The quantitative estimate of drug-likeness (QED) is 0.604. The molecule has 1 aromatic rings. The second kappa shape index (κ2) is 7.89. The van der Waals surface area contributed by atoms with Crippen LogP contribution in [0.25, 0.3) is 0 Å². The summed E-state index contributed by atoms with van der Waals surface area (Å²) in [7, 11) is 1.46. The van der Waals surface area contributed by atoms with Gasteiger partial charge in [-0.2, -0.15) is 0 Å². The molecule has 0 aromatic heterocycles. The molecular weight excluding hydrogens is 300 g/mol. The second-order valence-electron chi connectivity index (χ2n) is 5.53. The Hall–Kier alpha value is -2.19. The number of hydrogen-bond donors (Lipinski definition) is 2. The number of benzene rings is 1. The first kappa shape index (κ1) is 17.2. The van der Waals surface area contributed by atoms with Crippen molar-refractivity contribution in [1.82, 2.24) is 10.2 Å². The van der Waals surface area contributed by atoms with Gasteiger partial charge in [-0.1, -0.05) is 0 Å². The predicted molar refractivity (Wildman–Crippen MR) is 86.8 cm³/mol. The number of nitro groups is 1. The van der Waals surface area contributed by atoms with Crippen molar-refractivity contribution in [3.8, 4) is 5.75 Å². The Balaban J connectivity index is 1.96. The van der Waals surface area contributed by atoms with Gasteiger partial charge in [0.05, 0.1) is 17.7 Å². The molecule has 1 aliphatic heterocycles. The molecule has 126 valence electrons. The summed E-state index contributed by atoms with van der Waals surface area (Å²) in [5.74, 6) is 0.217. The number of anilines is 1. The fraction of sp³-hybridized carbons (Fsp3) is 0.533. The van der Waals surface area contributed by atoms with E-state index in [9.17, 15) is 14.9 Å². The van der Waals surface area contributed by atoms with Gasteiger partial charge in [-0.15, -0.1) is 0 Å². The molecule has 0 radical (unpaired) electrons. The Morgan fingerprint density at radius 2 is 2.35 bits per heavy atom. The first-order chi connectivity index (χ1) is 11.0. The summed E-state index contributed by atoms with van der Waals surface area (Å²) in [6, 6.07) is 4.52. The lowest BCUT2D eigenvalue weighted by Crippen LogP contribution is -2.50. The van der Waals surface area contributed by atoms with Crippen molar-refractivity contribution in [3.05, 3.63) is 28.3 Å². The van der Waals surface area contributed by atoms with E-state index in [0.29, 0.717) is 30.4 Å². The molecule has 1 atom stereocenters. The number of carbonyl (C=O) groups excluding carboxylic acids is 1. The van der Waals surface area contributed by atoms with Gasteiger partial charge >= 0.3 is 0 Å². The van der Waals surface area contributed by atoms with Gasteiger partial charge in [-0.25, -0.2) is 0 Å². The minimum Gasteiger partial charge on any atom is -0.495 e. The molecule has 1 aromatic carbocycles. The number of piperazine rings is 1. The molecular formula is C15H22N4O4. The van der Waals surface area contributed by atoms with Gasteiger partial charge in [0.25, 0.3) is 5.69 Å². The number of carbonyl (C=O) groups is 1. The van der Waals surface area contributed by atoms with Crippen molar-refractivity contribution >= 4 is 17.3 Å². The van der Waals surface area contributed by atoms with E-state index in [1.807, 2.05) is 0 Å². The van der Waals surface area contributed by atoms with Gasteiger partial charge in [-0.3, -0.25) is 19.8 Å². The number of hydrogen-bond acceptors (Lipinski definition) is 6. The zero-order valence-electron chi connectivity index (χ0n) is 13.4. The van der Waals surface area contributed by atoms with Gasteiger partial charge in [0.2, 0.25) is 5.91 Å². The Labute approximate surface area is 134 Å². The van der Waals surface area contributed by atoms with E-state index in [4.69, 9.17) is 4.74 Å². The van der Waals surface area contributed by atoms with Crippen LogP contribution in [0, 0.1) is 10.1 Å². The highest BCUT2D eigenvalue weighted by atomic mass is 16.6. The fourth-order valence-corrected chi connectivity index (χ4v) is 2.58. The van der Waals surface area contributed by atoms with E-state index < -0.39 is 4.92 Å². The normalized spacial score (nSPS) is 18.4. The summed E-state index contributed by atoms with van der Waals surface area (Å²) in [6.07, 6.45) is 0.330. The number of nitrogens with zero attached hydrogens (tertiary/aromatic N) is 2. The van der Waals surface area contributed by atoms with Crippen LogP contribution in [0.4, 0.5) is 11.4 Å². The summed E-state index contributed by atoms with van der Waals surface area (Å²) in [6.45, 7) is 5.53. The summed E-state index contributed by atoms with van der Waals surface area (Å²) < 4.78 is 5.14. The number of rotatable bonds is 6. The standard InChI is InChI=1S/C15H22N4O4/c1-11-10-16-6-8-18(11)7-5-15(20)17-13-9-12(19(21)22)3-4-14(13)23-2/h3-4,9,11,16H,5-8,10H2,1-2H3,(H,17,20)/t11-/m1/s1. The van der Waals surface area contributed by atoms with Crippen molar-refractivity contribution in [2.24, 2.45) is 0 Å². The number of ether oxygens (including phenoxy) is 1. The first-order valence-electron chi connectivity index (χ1n) is 7.58. The van der Waals surface area contributed by atoms with Crippen molar-refractivity contribution in [1.29, 1.82) is 0 Å². The van der Waals surface area contributed by atoms with Crippen LogP contribution in [0.5, 0.6) is 5.75 Å². The molecule has 0 unspecified atom stereocenters. The zero-order chi connectivity index (χ0) is 16.8. The van der Waals surface area contributed by atoms with Gasteiger partial charge in [-0.05, 0) is 13.0 Å². The van der Waals surface area contributed by atoms with E-state index in [2.05, 4.69) is 22.5 Å². The summed E-state index contributed by atoms with van der Waals surface area (Å²) in [5.41, 5.74) is 0.233. The van der Waals surface area contributed by atoms with Crippen LogP contribution in [-0.4, -0.2) is 55.1 Å². The zero-order valence-corrected chi connectivity index (χ0v) is 13.4. The highest BCUT2D eigenvalue weighted by Crippen LogP contribution is 2.28. The number of nitro benzene ring substituents is 1. The molecule has 0 spiro atoms. The van der Waals surface area contributed by atoms with Crippen LogP contribution < -0.4 is 15.4 Å². The number of methoxy groups -OCH3 is 1. The fourth-order valence-electron chi connectivity index (χ4n) is 2.58. The van der Waals surface area contributed by atoms with Crippen molar-refractivity contribution in [2.45, 2.75) is 19.4 Å². The lowest BCUT2D eigenvalue weighted by atomic mass is 10.2. The van der Waals surface area contributed by atoms with Crippen molar-refractivity contribution < 1.29 is 14.5 Å². The smallest absolute Gasteiger partial charge is 0.271 e. The lowest BCUT2D eigenvalue weighted by molar-refractivity contribution is -0.384. The van der Waals surface area contributed by atoms with Gasteiger partial charge in [0.1, 0.15) is 5.75 Å². The van der Waals surface area contributed by atoms with Gasteiger partial charge in [0.15, 0.2) is 0 Å². The molecule has 2 rings (SSSR count). The Kier molecular flexibility index (Phi) is 5.89. The number of non-ortho nitro benzene ring substituents is 1. The summed E-state index contributed by atoms with van der Waals surface area (Å²) >= 11 is 0. The van der Waals surface area contributed by atoms with Crippen molar-refractivity contribution in [2.75, 3.05) is 38.6 Å². The van der Waals surface area contributed by atoms with E-state index in [0.717, 1.165) is 19.6 Å². The molecule has 0 saturated carbocycles. The first-order valence-corrected chi connectivity index (χ1v) is 7.58. The average molecular weight is 322 g/mol. The Bertz CT molecular complexity index is 579. The highest BCUT2D eigenvalue weighted by molar-refractivity contribution is 5.92. The molecule has 8 nitrogen and oxygen atoms in total. The molecule has 2 N–H and O–H groups in total. The molecule has 1 amide bonds. The van der Waals surface area contributed by atoms with E-state index in [-0.39, 0.29) is 11.6 Å². The van der Waals surface area contributed by atoms with Crippen LogP contribution in [0.3, 0.4) is 0 Å². The maximum atomic E-state index is 12.1. The molecule has 0 aliphatic carbocycles. The van der Waals surface area contributed by atoms with Crippen LogP contribution in [0.2, 0.25) is 0 Å². The molecule has 0 bridgehead atoms. The number of amides is 1. The maximum Gasteiger partial charge on any atom is 0.271 e. The minimum atomic E-state index is -0.502.